The van der Waals surface area contributed by atoms with Crippen molar-refractivity contribution in [1.29, 1.82) is 0 Å². The van der Waals surface area contributed by atoms with Crippen LogP contribution in [0.5, 0.6) is 0 Å². The molecule has 0 bridgehead atoms. The molecule has 1 heterocycles. The van der Waals surface area contributed by atoms with Gasteiger partial charge in [0.05, 0.1) is 5.56 Å². The smallest absolute Gasteiger partial charge is 0.263 e. The van der Waals surface area contributed by atoms with E-state index in [1.165, 1.54) is 22.8 Å². The summed E-state index contributed by atoms with van der Waals surface area (Å²) in [5.41, 5.74) is 1.12. The first-order chi connectivity index (χ1) is 14.9. The van der Waals surface area contributed by atoms with Crippen molar-refractivity contribution in [2.75, 3.05) is 0 Å². The molecule has 4 rings (SSSR count). The van der Waals surface area contributed by atoms with E-state index in [4.69, 9.17) is 11.6 Å². The molecule has 5 nitrogen and oxygen atoms in total. The van der Waals surface area contributed by atoms with Gasteiger partial charge in [0.25, 0.3) is 11.5 Å². The molecule has 1 amide bonds. The van der Waals surface area contributed by atoms with Gasteiger partial charge in [-0.2, -0.15) is 0 Å². The molecule has 0 fully saturated rings. The zero-order chi connectivity index (χ0) is 22.1. The van der Waals surface area contributed by atoms with Gasteiger partial charge in [-0.3, -0.25) is 14.2 Å². The largest absolute Gasteiger partial charge is 0.369 e. The number of aliphatic hydroxyl groups excluding tert-OH is 1. The van der Waals surface area contributed by atoms with Crippen molar-refractivity contribution >= 4 is 28.3 Å². The summed E-state index contributed by atoms with van der Waals surface area (Å²) in [4.78, 5) is 26.4. The normalized spacial score (nSPS) is 12.0. The first-order valence-corrected chi connectivity index (χ1v) is 9.89. The summed E-state index contributed by atoms with van der Waals surface area (Å²) in [6.45, 7) is 1.66. The minimum Gasteiger partial charge on any atom is -0.369 e. The van der Waals surface area contributed by atoms with Gasteiger partial charge in [-0.15, -0.1) is 0 Å². The Morgan fingerprint density at radius 2 is 1.71 bits per heavy atom. The number of pyridine rings is 1. The van der Waals surface area contributed by atoms with E-state index in [2.05, 4.69) is 5.32 Å². The van der Waals surface area contributed by atoms with Gasteiger partial charge in [-0.05, 0) is 49.4 Å². The second kappa shape index (κ2) is 8.34. The molecule has 1 atom stereocenters. The molecule has 0 spiro atoms. The Morgan fingerprint density at radius 3 is 2.39 bits per heavy atom. The van der Waals surface area contributed by atoms with E-state index in [-0.39, 0.29) is 16.7 Å². The van der Waals surface area contributed by atoms with Crippen LogP contribution in [0.4, 0.5) is 4.39 Å². The lowest BCUT2D eigenvalue weighted by Crippen LogP contribution is -2.32. The number of carbonyl (C=O) groups is 1. The zero-order valence-corrected chi connectivity index (χ0v) is 17.2. The van der Waals surface area contributed by atoms with E-state index in [9.17, 15) is 19.1 Å². The average Bonchev–Trinajstić information content (AvgIpc) is 2.75. The van der Waals surface area contributed by atoms with Gasteiger partial charge in [0.1, 0.15) is 5.82 Å². The highest BCUT2D eigenvalue weighted by atomic mass is 35.5. The average molecular weight is 437 g/mol. The molecule has 4 aromatic rings. The van der Waals surface area contributed by atoms with Gasteiger partial charge < -0.3 is 10.4 Å². The second-order valence-corrected chi connectivity index (χ2v) is 7.49. The molecule has 7 heteroatoms. The number of halogens is 2. The molecule has 0 aliphatic heterocycles. The standard InChI is InChI=1S/C24H18ClFN2O3/c1-14-21(23(30)27-22(29)15-5-4-6-17(26)13-15)19-7-2-3-8-20(19)24(31)28(14)18-11-9-16(25)10-12-18/h2-13,22,29H,1H3,(H,27,30)/t22-/m0/s1. The molecule has 0 aliphatic carbocycles. The molecule has 0 unspecified atom stereocenters. The van der Waals surface area contributed by atoms with Crippen molar-refractivity contribution in [2.24, 2.45) is 0 Å². The number of nitrogens with one attached hydrogen (secondary N) is 1. The Bertz CT molecular complexity index is 1350. The SMILES string of the molecule is Cc1c(C(=O)N[C@@H](O)c2cccc(F)c2)c2ccccc2c(=O)n1-c1ccc(Cl)cc1. The first-order valence-electron chi connectivity index (χ1n) is 9.51. The molecule has 2 N–H and O–H groups in total. The number of aliphatic hydroxyl groups is 1. The van der Waals surface area contributed by atoms with Gasteiger partial charge in [-0.25, -0.2) is 4.39 Å². The minimum absolute atomic E-state index is 0.210. The highest BCUT2D eigenvalue weighted by Crippen LogP contribution is 2.24. The van der Waals surface area contributed by atoms with Crippen molar-refractivity contribution in [3.8, 4) is 5.69 Å². The lowest BCUT2D eigenvalue weighted by Gasteiger charge is -2.19. The maximum absolute atomic E-state index is 13.5. The molecule has 0 aliphatic rings. The fourth-order valence-corrected chi connectivity index (χ4v) is 3.74. The number of amides is 1. The Morgan fingerprint density at radius 1 is 1.03 bits per heavy atom. The van der Waals surface area contributed by atoms with Crippen LogP contribution in [0.15, 0.2) is 77.6 Å². The van der Waals surface area contributed by atoms with Crippen LogP contribution in [0.3, 0.4) is 0 Å². The summed E-state index contributed by atoms with van der Waals surface area (Å²) in [6, 6.07) is 18.8. The van der Waals surface area contributed by atoms with E-state index in [1.54, 1.807) is 55.5 Å². The van der Waals surface area contributed by atoms with Crippen LogP contribution in [0.2, 0.25) is 5.02 Å². The van der Waals surface area contributed by atoms with Crippen molar-refractivity contribution < 1.29 is 14.3 Å². The third-order valence-electron chi connectivity index (χ3n) is 5.07. The van der Waals surface area contributed by atoms with Crippen LogP contribution in [-0.4, -0.2) is 15.6 Å². The van der Waals surface area contributed by atoms with Crippen LogP contribution in [-0.2, 0) is 0 Å². The van der Waals surface area contributed by atoms with Crippen molar-refractivity contribution in [2.45, 2.75) is 13.2 Å². The van der Waals surface area contributed by atoms with E-state index in [0.717, 1.165) is 6.07 Å². The molecule has 3 aromatic carbocycles. The predicted molar refractivity (Wildman–Crippen MR) is 118 cm³/mol. The third-order valence-corrected chi connectivity index (χ3v) is 5.32. The number of fused-ring (bicyclic) bond motifs is 1. The molecule has 0 saturated carbocycles. The van der Waals surface area contributed by atoms with Crippen LogP contribution in [0.25, 0.3) is 16.5 Å². The highest BCUT2D eigenvalue weighted by Gasteiger charge is 2.22. The van der Waals surface area contributed by atoms with Crippen molar-refractivity contribution in [3.05, 3.63) is 111 Å². The number of rotatable bonds is 4. The Balaban J connectivity index is 1.86. The Kier molecular flexibility index (Phi) is 5.59. The minimum atomic E-state index is -1.42. The molecule has 156 valence electrons. The summed E-state index contributed by atoms with van der Waals surface area (Å²) in [5.74, 6) is -1.11. The molecule has 0 radical (unpaired) electrons. The number of nitrogens with zero attached hydrogens (tertiary/aromatic N) is 1. The van der Waals surface area contributed by atoms with Gasteiger partial charge in [-0.1, -0.05) is 41.9 Å². The number of hydrogen-bond donors (Lipinski definition) is 2. The topological polar surface area (TPSA) is 71.3 Å². The fourth-order valence-electron chi connectivity index (χ4n) is 3.61. The molecular weight excluding hydrogens is 419 g/mol. The van der Waals surface area contributed by atoms with Crippen LogP contribution >= 0.6 is 11.6 Å². The van der Waals surface area contributed by atoms with Gasteiger partial charge in [0, 0.05) is 32.7 Å². The maximum Gasteiger partial charge on any atom is 0.263 e. The van der Waals surface area contributed by atoms with Crippen LogP contribution in [0.1, 0.15) is 27.8 Å². The third kappa shape index (κ3) is 3.95. The quantitative estimate of drug-likeness (QED) is 0.462. The summed E-state index contributed by atoms with van der Waals surface area (Å²) < 4.78 is 14.9. The second-order valence-electron chi connectivity index (χ2n) is 7.05. The lowest BCUT2D eigenvalue weighted by molar-refractivity contribution is 0.0783. The summed E-state index contributed by atoms with van der Waals surface area (Å²) in [6.07, 6.45) is -1.42. The zero-order valence-electron chi connectivity index (χ0n) is 16.5. The monoisotopic (exact) mass is 436 g/mol. The van der Waals surface area contributed by atoms with Crippen molar-refractivity contribution in [3.63, 3.8) is 0 Å². The van der Waals surface area contributed by atoms with Gasteiger partial charge in [0.2, 0.25) is 0 Å². The van der Waals surface area contributed by atoms with Gasteiger partial charge in [0.15, 0.2) is 6.23 Å². The van der Waals surface area contributed by atoms with Crippen LogP contribution < -0.4 is 10.9 Å². The number of benzene rings is 3. The molecule has 0 saturated heterocycles. The summed E-state index contributed by atoms with van der Waals surface area (Å²) in [5, 5.41) is 14.3. The number of hydrogen-bond acceptors (Lipinski definition) is 3. The summed E-state index contributed by atoms with van der Waals surface area (Å²) >= 11 is 5.98. The van der Waals surface area contributed by atoms with Crippen molar-refractivity contribution in [1.82, 2.24) is 9.88 Å². The lowest BCUT2D eigenvalue weighted by atomic mass is 10.0. The highest BCUT2D eigenvalue weighted by molar-refractivity contribution is 6.30. The van der Waals surface area contributed by atoms with E-state index in [0.29, 0.717) is 27.2 Å². The number of carbonyl (C=O) groups excluding carboxylic acids is 1. The summed E-state index contributed by atoms with van der Waals surface area (Å²) in [7, 11) is 0. The van der Waals surface area contributed by atoms with Crippen LogP contribution in [0, 0.1) is 12.7 Å². The first kappa shape index (κ1) is 20.8. The van der Waals surface area contributed by atoms with E-state index in [1.807, 2.05) is 0 Å². The predicted octanol–water partition coefficient (Wildman–Crippen LogP) is 4.51. The van der Waals surface area contributed by atoms with E-state index >= 15 is 0 Å². The van der Waals surface area contributed by atoms with Gasteiger partial charge >= 0.3 is 0 Å². The Hall–Kier alpha value is -3.48. The molecular formula is C24H18ClFN2O3. The molecule has 31 heavy (non-hydrogen) atoms. The number of aromatic nitrogens is 1. The molecule has 1 aromatic heterocycles. The van der Waals surface area contributed by atoms with E-state index < -0.39 is 18.0 Å². The fraction of sp³-hybridized carbons (Fsp3) is 0.0833. The maximum atomic E-state index is 13.5. The Labute approximate surface area is 182 Å².